The number of carbonyl (C=O) groups is 1. The molecule has 1 heterocycles. The van der Waals surface area contributed by atoms with Crippen molar-refractivity contribution in [1.82, 2.24) is 4.90 Å². The average Bonchev–Trinajstić information content (AvgIpc) is 2.74. The molecule has 116 valence electrons. The Morgan fingerprint density at radius 2 is 2.10 bits per heavy atom. The number of carbonyl (C=O) groups excluding carboxylic acids is 1. The van der Waals surface area contributed by atoms with Crippen LogP contribution in [-0.2, 0) is 10.5 Å². The van der Waals surface area contributed by atoms with Gasteiger partial charge in [-0.2, -0.15) is 13.2 Å². The molecule has 2 rings (SSSR count). The van der Waals surface area contributed by atoms with Gasteiger partial charge >= 0.3 is 6.18 Å². The third-order valence-corrected chi connectivity index (χ3v) is 4.50. The lowest BCUT2D eigenvalue weighted by molar-refractivity contribution is -0.153. The SMILES string of the molecule is CN1CCC(SCc2ccccc2OCC(F)(F)F)C1=O. The van der Waals surface area contributed by atoms with Gasteiger partial charge in [-0.1, -0.05) is 18.2 Å². The van der Waals surface area contributed by atoms with Crippen LogP contribution in [0.3, 0.4) is 0 Å². The Morgan fingerprint density at radius 1 is 1.38 bits per heavy atom. The van der Waals surface area contributed by atoms with Crippen molar-refractivity contribution in [3.63, 3.8) is 0 Å². The molecule has 0 saturated carbocycles. The maximum atomic E-state index is 12.2. The van der Waals surface area contributed by atoms with Crippen LogP contribution in [0.2, 0.25) is 0 Å². The fourth-order valence-electron chi connectivity index (χ4n) is 2.06. The fraction of sp³-hybridized carbons (Fsp3) is 0.500. The normalized spacial score (nSPS) is 19.1. The zero-order valence-electron chi connectivity index (χ0n) is 11.5. The Bertz CT molecular complexity index is 507. The first-order valence-electron chi connectivity index (χ1n) is 6.51. The first kappa shape index (κ1) is 16.0. The summed E-state index contributed by atoms with van der Waals surface area (Å²) in [5.74, 6) is 0.757. The van der Waals surface area contributed by atoms with E-state index < -0.39 is 12.8 Å². The van der Waals surface area contributed by atoms with E-state index in [1.807, 2.05) is 0 Å². The van der Waals surface area contributed by atoms with Gasteiger partial charge in [0.25, 0.3) is 0 Å². The van der Waals surface area contributed by atoms with Crippen LogP contribution in [0.4, 0.5) is 13.2 Å². The van der Waals surface area contributed by atoms with Gasteiger partial charge in [-0.3, -0.25) is 4.79 Å². The molecule has 3 nitrogen and oxygen atoms in total. The molecular formula is C14H16F3NO2S. The van der Waals surface area contributed by atoms with Crippen molar-refractivity contribution in [3.05, 3.63) is 29.8 Å². The minimum absolute atomic E-state index is 0.0775. The molecule has 0 N–H and O–H groups in total. The van der Waals surface area contributed by atoms with Crippen LogP contribution in [0.5, 0.6) is 5.75 Å². The molecular weight excluding hydrogens is 303 g/mol. The number of alkyl halides is 3. The number of hydrogen-bond acceptors (Lipinski definition) is 3. The smallest absolute Gasteiger partial charge is 0.422 e. The molecule has 0 radical (unpaired) electrons. The lowest BCUT2D eigenvalue weighted by atomic mass is 10.2. The summed E-state index contributed by atoms with van der Waals surface area (Å²) in [6.45, 7) is -0.581. The third kappa shape index (κ3) is 4.56. The van der Waals surface area contributed by atoms with Crippen molar-refractivity contribution in [1.29, 1.82) is 0 Å². The summed E-state index contributed by atoms with van der Waals surface area (Å²) < 4.78 is 41.5. The second-order valence-corrected chi connectivity index (χ2v) is 6.05. The van der Waals surface area contributed by atoms with Crippen molar-refractivity contribution in [3.8, 4) is 5.75 Å². The Hall–Kier alpha value is -1.37. The summed E-state index contributed by atoms with van der Waals surface area (Å²) in [6, 6.07) is 6.62. The second-order valence-electron chi connectivity index (χ2n) is 4.86. The summed E-state index contributed by atoms with van der Waals surface area (Å²) in [5.41, 5.74) is 0.675. The van der Waals surface area contributed by atoms with Gasteiger partial charge in [-0.05, 0) is 12.5 Å². The molecule has 0 bridgehead atoms. The van der Waals surface area contributed by atoms with Crippen LogP contribution in [0.25, 0.3) is 0 Å². The topological polar surface area (TPSA) is 29.5 Å². The Balaban J connectivity index is 1.95. The standard InChI is InChI=1S/C14H16F3NO2S/c1-18-7-6-12(13(18)19)21-8-10-4-2-3-5-11(10)20-9-14(15,16)17/h2-5,12H,6-9H2,1H3. The van der Waals surface area contributed by atoms with E-state index in [1.165, 1.54) is 17.8 Å². The number of nitrogens with zero attached hydrogens (tertiary/aromatic N) is 1. The number of ether oxygens (including phenoxy) is 1. The first-order chi connectivity index (χ1) is 9.87. The lowest BCUT2D eigenvalue weighted by Crippen LogP contribution is -2.23. The number of benzene rings is 1. The number of amides is 1. The van der Waals surface area contributed by atoms with Crippen molar-refractivity contribution in [2.75, 3.05) is 20.2 Å². The maximum absolute atomic E-state index is 12.2. The highest BCUT2D eigenvalue weighted by Gasteiger charge is 2.30. The van der Waals surface area contributed by atoms with Gasteiger partial charge in [0.1, 0.15) is 5.75 Å². The summed E-state index contributed by atoms with van der Waals surface area (Å²) in [4.78, 5) is 13.5. The highest BCUT2D eigenvalue weighted by Crippen LogP contribution is 2.30. The van der Waals surface area contributed by atoms with Gasteiger partial charge in [-0.25, -0.2) is 0 Å². The third-order valence-electron chi connectivity index (χ3n) is 3.18. The van der Waals surface area contributed by atoms with E-state index in [4.69, 9.17) is 4.74 Å². The highest BCUT2D eigenvalue weighted by molar-refractivity contribution is 7.99. The maximum Gasteiger partial charge on any atom is 0.422 e. The number of hydrogen-bond donors (Lipinski definition) is 0. The van der Waals surface area contributed by atoms with Crippen LogP contribution < -0.4 is 4.74 Å². The summed E-state index contributed by atoms with van der Waals surface area (Å²) in [7, 11) is 1.75. The largest absolute Gasteiger partial charge is 0.484 e. The summed E-state index contributed by atoms with van der Waals surface area (Å²) in [5, 5.41) is -0.120. The molecule has 1 aromatic rings. The lowest BCUT2D eigenvalue weighted by Gasteiger charge is -2.14. The van der Waals surface area contributed by atoms with E-state index in [2.05, 4.69) is 0 Å². The van der Waals surface area contributed by atoms with E-state index in [9.17, 15) is 18.0 Å². The van der Waals surface area contributed by atoms with Gasteiger partial charge in [0.05, 0.1) is 5.25 Å². The van der Waals surface area contributed by atoms with Gasteiger partial charge in [0.15, 0.2) is 6.61 Å². The number of halogens is 3. The molecule has 21 heavy (non-hydrogen) atoms. The van der Waals surface area contributed by atoms with E-state index >= 15 is 0 Å². The summed E-state index contributed by atoms with van der Waals surface area (Å²) in [6.07, 6.45) is -3.59. The molecule has 1 atom stereocenters. The minimum atomic E-state index is -4.36. The molecule has 1 amide bonds. The van der Waals surface area contributed by atoms with Crippen molar-refractivity contribution in [2.24, 2.45) is 0 Å². The predicted molar refractivity (Wildman–Crippen MR) is 75.3 cm³/mol. The van der Waals surface area contributed by atoms with Crippen LogP contribution in [-0.4, -0.2) is 42.4 Å². The molecule has 1 saturated heterocycles. The highest BCUT2D eigenvalue weighted by atomic mass is 32.2. The molecule has 1 aliphatic rings. The van der Waals surface area contributed by atoms with E-state index in [0.29, 0.717) is 11.3 Å². The first-order valence-corrected chi connectivity index (χ1v) is 7.56. The molecule has 1 unspecified atom stereocenters. The fourth-order valence-corrected chi connectivity index (χ4v) is 3.27. The number of para-hydroxylation sites is 1. The summed E-state index contributed by atoms with van der Waals surface area (Å²) >= 11 is 1.44. The zero-order valence-corrected chi connectivity index (χ0v) is 12.3. The average molecular weight is 319 g/mol. The van der Waals surface area contributed by atoms with Crippen LogP contribution in [0.1, 0.15) is 12.0 Å². The van der Waals surface area contributed by atoms with Crippen LogP contribution in [0.15, 0.2) is 24.3 Å². The van der Waals surface area contributed by atoms with E-state index in [0.717, 1.165) is 13.0 Å². The number of likely N-dealkylation sites (tertiary alicyclic amines) is 1. The van der Waals surface area contributed by atoms with Gasteiger partial charge in [0, 0.05) is 24.9 Å². The monoisotopic (exact) mass is 319 g/mol. The van der Waals surface area contributed by atoms with E-state index in [-0.39, 0.29) is 16.9 Å². The molecule has 0 aromatic heterocycles. The van der Waals surface area contributed by atoms with Crippen molar-refractivity contribution >= 4 is 17.7 Å². The molecule has 1 fully saturated rings. The van der Waals surface area contributed by atoms with Crippen molar-refractivity contribution < 1.29 is 22.7 Å². The molecule has 0 aliphatic carbocycles. The van der Waals surface area contributed by atoms with E-state index in [1.54, 1.807) is 30.1 Å². The number of rotatable bonds is 5. The second kappa shape index (κ2) is 6.60. The minimum Gasteiger partial charge on any atom is -0.484 e. The van der Waals surface area contributed by atoms with Gasteiger partial charge in [0.2, 0.25) is 5.91 Å². The number of thioether (sulfide) groups is 1. The van der Waals surface area contributed by atoms with Crippen LogP contribution >= 0.6 is 11.8 Å². The Labute approximate surface area is 125 Å². The Kier molecular flexibility index (Phi) is 5.03. The molecule has 0 spiro atoms. The molecule has 1 aliphatic heterocycles. The molecule has 7 heteroatoms. The zero-order chi connectivity index (χ0) is 15.5. The van der Waals surface area contributed by atoms with Crippen LogP contribution in [0, 0.1) is 0 Å². The van der Waals surface area contributed by atoms with Gasteiger partial charge < -0.3 is 9.64 Å². The Morgan fingerprint density at radius 3 is 2.71 bits per heavy atom. The predicted octanol–water partition coefficient (Wildman–Crippen LogP) is 3.09. The molecule has 1 aromatic carbocycles. The van der Waals surface area contributed by atoms with Crippen molar-refractivity contribution in [2.45, 2.75) is 23.6 Å². The van der Waals surface area contributed by atoms with Gasteiger partial charge in [-0.15, -0.1) is 11.8 Å². The quantitative estimate of drug-likeness (QED) is 0.835.